The van der Waals surface area contributed by atoms with Crippen molar-refractivity contribution in [3.05, 3.63) is 46.5 Å². The second-order valence-corrected chi connectivity index (χ2v) is 8.39. The molecule has 1 heteroatoms. The molecule has 1 aliphatic rings. The number of methoxy groups -OCH3 is 1. The van der Waals surface area contributed by atoms with Crippen LogP contribution in [0.15, 0.2) is 29.9 Å². The van der Waals surface area contributed by atoms with Gasteiger partial charge in [-0.2, -0.15) is 0 Å². The summed E-state index contributed by atoms with van der Waals surface area (Å²) in [6, 6.07) is 4.53. The Morgan fingerprint density at radius 3 is 2.09 bits per heavy atom. The van der Waals surface area contributed by atoms with Crippen molar-refractivity contribution in [1.29, 1.82) is 0 Å². The summed E-state index contributed by atoms with van der Waals surface area (Å²) in [5.74, 6) is 1.03. The maximum atomic E-state index is 5.86. The molecule has 0 saturated carbocycles. The maximum absolute atomic E-state index is 5.86. The smallest absolute Gasteiger partial charge is 0.130 e. The molecule has 0 N–H and O–H groups in total. The lowest BCUT2D eigenvalue weighted by molar-refractivity contribution is 0.396. The molecule has 1 aliphatic carbocycles. The third-order valence-electron chi connectivity index (χ3n) is 4.37. The van der Waals surface area contributed by atoms with Gasteiger partial charge in [-0.05, 0) is 41.4 Å². The number of hydrogen-bond acceptors (Lipinski definition) is 1. The van der Waals surface area contributed by atoms with Crippen LogP contribution in [-0.4, -0.2) is 7.11 Å². The van der Waals surface area contributed by atoms with Gasteiger partial charge in [0, 0.05) is 11.1 Å². The molecule has 0 aromatic heterocycles. The van der Waals surface area contributed by atoms with Crippen LogP contribution in [0, 0.1) is 12.3 Å². The average molecular weight is 298 g/mol. The molecule has 0 spiro atoms. The summed E-state index contributed by atoms with van der Waals surface area (Å²) in [4.78, 5) is 0. The first-order valence-corrected chi connectivity index (χ1v) is 8.15. The highest BCUT2D eigenvalue weighted by molar-refractivity contribution is 5.84. The number of hydrogen-bond donors (Lipinski definition) is 0. The lowest BCUT2D eigenvalue weighted by atomic mass is 9.79. The van der Waals surface area contributed by atoms with Crippen LogP contribution in [0.1, 0.15) is 64.7 Å². The predicted molar refractivity (Wildman–Crippen MR) is 96.6 cm³/mol. The number of rotatable bonds is 2. The third kappa shape index (κ3) is 3.14. The molecule has 1 nitrogen and oxygen atoms in total. The molecule has 0 fully saturated rings. The fourth-order valence-electron chi connectivity index (χ4n) is 3.22. The minimum atomic E-state index is 0.0664. The summed E-state index contributed by atoms with van der Waals surface area (Å²) in [6.07, 6.45) is 5.58. The first-order chi connectivity index (χ1) is 10.1. The van der Waals surface area contributed by atoms with Crippen LogP contribution >= 0.6 is 0 Å². The van der Waals surface area contributed by atoms with Crippen molar-refractivity contribution in [2.45, 2.75) is 60.3 Å². The van der Waals surface area contributed by atoms with E-state index in [9.17, 15) is 0 Å². The van der Waals surface area contributed by atoms with Gasteiger partial charge in [-0.15, -0.1) is 0 Å². The summed E-state index contributed by atoms with van der Waals surface area (Å²) in [5, 5.41) is 0. The Kier molecular flexibility index (Phi) is 4.30. The SMILES string of the molecule is COc1c(C2=C(C(C)(C)C)CC=C2)cc(C)cc1C(C)(C)C. The van der Waals surface area contributed by atoms with E-state index in [0.29, 0.717) is 0 Å². The zero-order chi connectivity index (χ0) is 16.7. The summed E-state index contributed by atoms with van der Waals surface area (Å²) < 4.78 is 5.86. The first kappa shape index (κ1) is 16.9. The molecule has 120 valence electrons. The fraction of sp³-hybridized carbons (Fsp3) is 0.524. The van der Waals surface area contributed by atoms with Crippen LogP contribution in [0.5, 0.6) is 5.75 Å². The monoisotopic (exact) mass is 298 g/mol. The van der Waals surface area contributed by atoms with Crippen molar-refractivity contribution < 1.29 is 4.74 Å². The lowest BCUT2D eigenvalue weighted by Crippen LogP contribution is -2.15. The van der Waals surface area contributed by atoms with Crippen molar-refractivity contribution in [1.82, 2.24) is 0 Å². The van der Waals surface area contributed by atoms with Crippen LogP contribution in [0.25, 0.3) is 5.57 Å². The Balaban J connectivity index is 2.76. The van der Waals surface area contributed by atoms with Gasteiger partial charge in [0.1, 0.15) is 5.75 Å². The standard InChI is InChI=1S/C21H30O/c1-14-12-16(15-10-9-11-17(15)20(2,3)4)19(22-8)18(13-14)21(5,6)7/h9-10,12-13H,11H2,1-8H3. The van der Waals surface area contributed by atoms with Gasteiger partial charge in [-0.1, -0.05) is 65.3 Å². The average Bonchev–Trinajstić information content (AvgIpc) is 2.85. The number of aryl methyl sites for hydroxylation is 1. The highest BCUT2D eigenvalue weighted by Crippen LogP contribution is 2.45. The van der Waals surface area contributed by atoms with Gasteiger partial charge in [-0.25, -0.2) is 0 Å². The minimum Gasteiger partial charge on any atom is -0.496 e. The second kappa shape index (κ2) is 5.61. The number of ether oxygens (including phenoxy) is 1. The molecule has 0 aliphatic heterocycles. The van der Waals surface area contributed by atoms with Crippen molar-refractivity contribution >= 4 is 5.57 Å². The van der Waals surface area contributed by atoms with Gasteiger partial charge >= 0.3 is 0 Å². The maximum Gasteiger partial charge on any atom is 0.130 e. The van der Waals surface area contributed by atoms with Crippen LogP contribution < -0.4 is 4.74 Å². The molecule has 0 atom stereocenters. The third-order valence-corrected chi connectivity index (χ3v) is 4.37. The van der Waals surface area contributed by atoms with E-state index in [1.807, 2.05) is 0 Å². The molecule has 0 amide bonds. The van der Waals surface area contributed by atoms with E-state index in [2.05, 4.69) is 72.8 Å². The van der Waals surface area contributed by atoms with E-state index >= 15 is 0 Å². The Hall–Kier alpha value is -1.50. The minimum absolute atomic E-state index is 0.0664. The van der Waals surface area contributed by atoms with Crippen molar-refractivity contribution in [2.24, 2.45) is 5.41 Å². The van der Waals surface area contributed by atoms with Crippen molar-refractivity contribution in [3.63, 3.8) is 0 Å². The Morgan fingerprint density at radius 1 is 0.955 bits per heavy atom. The van der Waals surface area contributed by atoms with E-state index in [1.165, 1.54) is 27.8 Å². The molecule has 22 heavy (non-hydrogen) atoms. The molecule has 2 rings (SSSR count). The van der Waals surface area contributed by atoms with E-state index in [4.69, 9.17) is 4.74 Å². The summed E-state index contributed by atoms with van der Waals surface area (Å²) in [6.45, 7) is 15.8. The molecule has 0 radical (unpaired) electrons. The van der Waals surface area contributed by atoms with Gasteiger partial charge in [0.25, 0.3) is 0 Å². The summed E-state index contributed by atoms with van der Waals surface area (Å²) in [7, 11) is 1.79. The largest absolute Gasteiger partial charge is 0.496 e. The van der Waals surface area contributed by atoms with E-state index in [1.54, 1.807) is 7.11 Å². The molecule has 0 heterocycles. The predicted octanol–water partition coefficient (Wildman–Crippen LogP) is 6.06. The van der Waals surface area contributed by atoms with Crippen molar-refractivity contribution in [2.75, 3.05) is 7.11 Å². The van der Waals surface area contributed by atoms with E-state index < -0.39 is 0 Å². The van der Waals surface area contributed by atoms with Gasteiger partial charge in [0.15, 0.2) is 0 Å². The van der Waals surface area contributed by atoms with Gasteiger partial charge in [-0.3, -0.25) is 0 Å². The summed E-state index contributed by atoms with van der Waals surface area (Å²) >= 11 is 0. The number of benzene rings is 1. The van der Waals surface area contributed by atoms with Crippen LogP contribution in [0.3, 0.4) is 0 Å². The first-order valence-electron chi connectivity index (χ1n) is 8.15. The molecule has 1 aromatic rings. The van der Waals surface area contributed by atoms with Gasteiger partial charge in [0.05, 0.1) is 7.11 Å². The van der Waals surface area contributed by atoms with Crippen LogP contribution in [-0.2, 0) is 5.41 Å². The van der Waals surface area contributed by atoms with Crippen LogP contribution in [0.4, 0.5) is 0 Å². The highest BCUT2D eigenvalue weighted by atomic mass is 16.5. The fourth-order valence-corrected chi connectivity index (χ4v) is 3.22. The van der Waals surface area contributed by atoms with Gasteiger partial charge in [0.2, 0.25) is 0 Å². The van der Waals surface area contributed by atoms with Crippen molar-refractivity contribution in [3.8, 4) is 5.75 Å². The zero-order valence-corrected chi connectivity index (χ0v) is 15.4. The van der Waals surface area contributed by atoms with E-state index in [-0.39, 0.29) is 10.8 Å². The normalized spacial score (nSPS) is 15.6. The van der Waals surface area contributed by atoms with Gasteiger partial charge < -0.3 is 4.74 Å². The lowest BCUT2D eigenvalue weighted by Gasteiger charge is -2.27. The molecule has 1 aromatic carbocycles. The Bertz CT molecular complexity index is 631. The highest BCUT2D eigenvalue weighted by Gasteiger charge is 2.27. The molecule has 0 unspecified atom stereocenters. The number of allylic oxidation sites excluding steroid dienone is 4. The molecular formula is C21H30O. The quantitative estimate of drug-likeness (QED) is 0.644. The van der Waals surface area contributed by atoms with Crippen LogP contribution in [0.2, 0.25) is 0 Å². The molecular weight excluding hydrogens is 268 g/mol. The topological polar surface area (TPSA) is 9.23 Å². The molecule has 0 bridgehead atoms. The Labute approximate surface area is 136 Å². The molecule has 0 saturated heterocycles. The zero-order valence-electron chi connectivity index (χ0n) is 15.4. The summed E-state index contributed by atoms with van der Waals surface area (Å²) in [5.41, 5.74) is 6.90. The second-order valence-electron chi connectivity index (χ2n) is 8.39. The Morgan fingerprint density at radius 2 is 1.59 bits per heavy atom. The van der Waals surface area contributed by atoms with E-state index in [0.717, 1.165) is 12.2 Å².